The first-order valence-corrected chi connectivity index (χ1v) is 6.90. The van der Waals surface area contributed by atoms with E-state index in [0.29, 0.717) is 47.6 Å². The fourth-order valence-corrected chi connectivity index (χ4v) is 3.15. The Kier molecular flexibility index (Phi) is 2.85. The predicted molar refractivity (Wildman–Crippen MR) is 70.0 cm³/mol. The quantitative estimate of drug-likeness (QED) is 0.872. The van der Waals surface area contributed by atoms with Crippen molar-refractivity contribution in [1.82, 2.24) is 0 Å². The Morgan fingerprint density at radius 3 is 2.58 bits per heavy atom. The van der Waals surface area contributed by atoms with Crippen LogP contribution in [0.1, 0.15) is 24.8 Å². The van der Waals surface area contributed by atoms with Gasteiger partial charge in [-0.15, -0.1) is 0 Å². The van der Waals surface area contributed by atoms with Crippen molar-refractivity contribution in [2.24, 2.45) is 0 Å². The summed E-state index contributed by atoms with van der Waals surface area (Å²) in [6.45, 7) is 0.832. The van der Waals surface area contributed by atoms with Crippen molar-refractivity contribution in [1.29, 1.82) is 0 Å². The monoisotopic (exact) mass is 328 g/mol. The largest absolute Gasteiger partial charge is 0.506 e. The lowest BCUT2D eigenvalue weighted by molar-refractivity contribution is -0.147. The van der Waals surface area contributed by atoms with Crippen molar-refractivity contribution in [2.45, 2.75) is 24.7 Å². The van der Waals surface area contributed by atoms with Gasteiger partial charge in [-0.25, -0.2) is 0 Å². The van der Waals surface area contributed by atoms with Gasteiger partial charge in [-0.1, -0.05) is 6.42 Å². The van der Waals surface area contributed by atoms with Crippen LogP contribution in [0.5, 0.6) is 17.2 Å². The Balaban J connectivity index is 2.17. The maximum Gasteiger partial charge on any atom is 0.314 e. The third-order valence-corrected chi connectivity index (χ3v) is 4.62. The standard InChI is InChI=1S/C13H13BrO5/c14-9-10(15)7(13(12(16)17)2-1-3-13)6-8-11(9)19-5-4-18-8/h6,15H,1-5H2,(H,16,17). The minimum Gasteiger partial charge on any atom is -0.506 e. The molecule has 0 atom stereocenters. The first kappa shape index (κ1) is 12.6. The number of carbonyl (C=O) groups is 1. The molecule has 3 rings (SSSR count). The van der Waals surface area contributed by atoms with Gasteiger partial charge in [0.1, 0.15) is 23.4 Å². The smallest absolute Gasteiger partial charge is 0.314 e. The van der Waals surface area contributed by atoms with E-state index < -0.39 is 11.4 Å². The highest BCUT2D eigenvalue weighted by atomic mass is 79.9. The SMILES string of the molecule is O=C(O)C1(c2cc3c(c(Br)c2O)OCCO3)CCC1. The molecule has 0 spiro atoms. The van der Waals surface area contributed by atoms with Crippen LogP contribution in [-0.4, -0.2) is 29.4 Å². The van der Waals surface area contributed by atoms with Crippen LogP contribution in [-0.2, 0) is 10.2 Å². The lowest BCUT2D eigenvalue weighted by Gasteiger charge is -2.39. The molecule has 6 heteroatoms. The fourth-order valence-electron chi connectivity index (χ4n) is 2.63. The van der Waals surface area contributed by atoms with Crippen LogP contribution < -0.4 is 9.47 Å². The molecule has 1 saturated carbocycles. The van der Waals surface area contributed by atoms with Crippen molar-refractivity contribution >= 4 is 21.9 Å². The lowest BCUT2D eigenvalue weighted by atomic mass is 9.64. The molecule has 2 aliphatic rings. The van der Waals surface area contributed by atoms with Gasteiger partial charge in [0.15, 0.2) is 11.5 Å². The molecule has 0 aromatic heterocycles. The fraction of sp³-hybridized carbons (Fsp3) is 0.462. The summed E-state index contributed by atoms with van der Waals surface area (Å²) < 4.78 is 11.3. The molecule has 2 N–H and O–H groups in total. The molecule has 1 aliphatic heterocycles. The number of halogens is 1. The van der Waals surface area contributed by atoms with Crippen molar-refractivity contribution in [3.63, 3.8) is 0 Å². The molecule has 0 unspecified atom stereocenters. The zero-order valence-corrected chi connectivity index (χ0v) is 11.7. The van der Waals surface area contributed by atoms with Gasteiger partial charge in [-0.3, -0.25) is 4.79 Å². The number of hydrogen-bond donors (Lipinski definition) is 2. The number of phenolic OH excluding ortho intramolecular Hbond substituents is 1. The van der Waals surface area contributed by atoms with Gasteiger partial charge >= 0.3 is 5.97 Å². The Bertz CT molecular complexity index is 550. The summed E-state index contributed by atoms with van der Waals surface area (Å²) in [7, 11) is 0. The molecule has 0 saturated heterocycles. The molecule has 1 aliphatic carbocycles. The second-order valence-electron chi connectivity index (χ2n) is 4.85. The number of aromatic hydroxyl groups is 1. The van der Waals surface area contributed by atoms with Crippen LogP contribution in [0.3, 0.4) is 0 Å². The van der Waals surface area contributed by atoms with Gasteiger partial charge in [0.2, 0.25) is 0 Å². The Hall–Kier alpha value is -1.43. The molecule has 5 nitrogen and oxygen atoms in total. The number of carboxylic acids is 1. The van der Waals surface area contributed by atoms with E-state index in [2.05, 4.69) is 15.9 Å². The summed E-state index contributed by atoms with van der Waals surface area (Å²) in [5.41, 5.74) is -0.593. The van der Waals surface area contributed by atoms with Crippen molar-refractivity contribution in [3.8, 4) is 17.2 Å². The highest BCUT2D eigenvalue weighted by molar-refractivity contribution is 9.10. The molecule has 102 valence electrons. The van der Waals surface area contributed by atoms with E-state index in [-0.39, 0.29) is 5.75 Å². The van der Waals surface area contributed by atoms with Crippen LogP contribution in [0.2, 0.25) is 0 Å². The second kappa shape index (κ2) is 4.30. The van der Waals surface area contributed by atoms with E-state index in [1.54, 1.807) is 6.07 Å². The average Bonchev–Trinajstić information content (AvgIpc) is 2.33. The zero-order chi connectivity index (χ0) is 13.6. The molecular weight excluding hydrogens is 316 g/mol. The molecule has 1 heterocycles. The van der Waals surface area contributed by atoms with Crippen LogP contribution in [0.15, 0.2) is 10.5 Å². The van der Waals surface area contributed by atoms with E-state index in [9.17, 15) is 15.0 Å². The van der Waals surface area contributed by atoms with Crippen LogP contribution in [0.25, 0.3) is 0 Å². The molecule has 1 fully saturated rings. The summed E-state index contributed by atoms with van der Waals surface area (Å²) >= 11 is 3.26. The number of aliphatic carboxylic acids is 1. The summed E-state index contributed by atoms with van der Waals surface area (Å²) in [6.07, 6.45) is 1.90. The van der Waals surface area contributed by atoms with Crippen molar-refractivity contribution < 1.29 is 24.5 Å². The summed E-state index contributed by atoms with van der Waals surface area (Å²) in [4.78, 5) is 11.5. The Morgan fingerprint density at radius 2 is 2.00 bits per heavy atom. The average molecular weight is 329 g/mol. The maximum absolute atomic E-state index is 11.5. The predicted octanol–water partition coefficient (Wildman–Crippen LogP) is 2.43. The summed E-state index contributed by atoms with van der Waals surface area (Å²) in [5, 5.41) is 19.7. The van der Waals surface area contributed by atoms with E-state index in [0.717, 1.165) is 6.42 Å². The maximum atomic E-state index is 11.5. The number of benzene rings is 1. The van der Waals surface area contributed by atoms with Gasteiger partial charge in [0.05, 0.1) is 5.41 Å². The molecule has 0 radical (unpaired) electrons. The van der Waals surface area contributed by atoms with Crippen LogP contribution in [0, 0.1) is 0 Å². The number of ether oxygens (including phenoxy) is 2. The van der Waals surface area contributed by atoms with Gasteiger partial charge < -0.3 is 19.7 Å². The zero-order valence-electron chi connectivity index (χ0n) is 10.1. The molecular formula is C13H13BrO5. The molecule has 0 bridgehead atoms. The minimum atomic E-state index is -0.998. The first-order valence-electron chi connectivity index (χ1n) is 6.11. The Labute approximate surface area is 118 Å². The van der Waals surface area contributed by atoms with Crippen molar-refractivity contribution in [3.05, 3.63) is 16.1 Å². The number of rotatable bonds is 2. The molecule has 0 amide bonds. The number of phenols is 1. The van der Waals surface area contributed by atoms with E-state index in [1.807, 2.05) is 0 Å². The van der Waals surface area contributed by atoms with Crippen LogP contribution in [0.4, 0.5) is 0 Å². The van der Waals surface area contributed by atoms with E-state index in [4.69, 9.17) is 9.47 Å². The molecule has 1 aromatic carbocycles. The highest BCUT2D eigenvalue weighted by Crippen LogP contribution is 2.53. The topological polar surface area (TPSA) is 76.0 Å². The van der Waals surface area contributed by atoms with Gasteiger partial charge in [0.25, 0.3) is 0 Å². The van der Waals surface area contributed by atoms with E-state index >= 15 is 0 Å². The van der Waals surface area contributed by atoms with Crippen LogP contribution >= 0.6 is 15.9 Å². The lowest BCUT2D eigenvalue weighted by Crippen LogP contribution is -2.42. The highest BCUT2D eigenvalue weighted by Gasteiger charge is 2.48. The van der Waals surface area contributed by atoms with Gasteiger partial charge in [0, 0.05) is 5.56 Å². The molecule has 1 aromatic rings. The number of fused-ring (bicyclic) bond motifs is 1. The number of carboxylic acid groups (broad SMARTS) is 1. The minimum absolute atomic E-state index is 0.0636. The van der Waals surface area contributed by atoms with Gasteiger partial charge in [-0.2, -0.15) is 0 Å². The first-order chi connectivity index (χ1) is 9.06. The normalized spacial score (nSPS) is 19.6. The summed E-state index contributed by atoms with van der Waals surface area (Å²) in [5.74, 6) is -0.0465. The molecule has 19 heavy (non-hydrogen) atoms. The third-order valence-electron chi connectivity index (χ3n) is 3.88. The van der Waals surface area contributed by atoms with Crippen molar-refractivity contribution in [2.75, 3.05) is 13.2 Å². The number of hydrogen-bond acceptors (Lipinski definition) is 4. The third kappa shape index (κ3) is 1.69. The second-order valence-corrected chi connectivity index (χ2v) is 5.64. The van der Waals surface area contributed by atoms with Gasteiger partial charge in [-0.05, 0) is 34.8 Å². The Morgan fingerprint density at radius 1 is 1.32 bits per heavy atom. The summed E-state index contributed by atoms with van der Waals surface area (Å²) in [6, 6.07) is 1.60. The van der Waals surface area contributed by atoms with E-state index in [1.165, 1.54) is 0 Å².